The van der Waals surface area contributed by atoms with Gasteiger partial charge >= 0.3 is 0 Å². The molecule has 0 saturated carbocycles. The highest BCUT2D eigenvalue weighted by atomic mass is 32.2. The summed E-state index contributed by atoms with van der Waals surface area (Å²) in [5, 5.41) is 0.141. The second-order valence-electron chi connectivity index (χ2n) is 7.51. The van der Waals surface area contributed by atoms with E-state index in [1.54, 1.807) is 12.1 Å². The number of aryl methyl sites for hydroxylation is 1. The molecule has 0 bridgehead atoms. The van der Waals surface area contributed by atoms with Crippen molar-refractivity contribution in [3.8, 4) is 0 Å². The third kappa shape index (κ3) is 5.63. The molecule has 0 saturated heterocycles. The monoisotopic (exact) mass is 467 g/mol. The van der Waals surface area contributed by atoms with Crippen molar-refractivity contribution < 1.29 is 22.0 Å². The fourth-order valence-corrected chi connectivity index (χ4v) is 5.25. The van der Waals surface area contributed by atoms with E-state index < -0.39 is 33.1 Å². The SMILES string of the molecule is Cc1ccc(S(=O)(=O)CC(=O)N(CCCN(C)C)c2nc3c(F)cc(F)cc3s2)cc1. The van der Waals surface area contributed by atoms with Gasteiger partial charge in [-0.05, 0) is 52.2 Å². The van der Waals surface area contributed by atoms with Crippen molar-refractivity contribution in [2.75, 3.05) is 37.8 Å². The lowest BCUT2D eigenvalue weighted by Gasteiger charge is -2.21. The maximum atomic E-state index is 14.1. The van der Waals surface area contributed by atoms with E-state index in [-0.39, 0.29) is 26.8 Å². The van der Waals surface area contributed by atoms with Crippen molar-refractivity contribution in [1.82, 2.24) is 9.88 Å². The van der Waals surface area contributed by atoms with Crippen molar-refractivity contribution in [1.29, 1.82) is 0 Å². The van der Waals surface area contributed by atoms with Gasteiger partial charge in [-0.1, -0.05) is 29.0 Å². The Kier molecular flexibility index (Phi) is 7.03. The standard InChI is InChI=1S/C21H23F2N3O3S2/c1-14-5-7-16(8-6-14)31(28,29)13-19(27)26(10-4-9-25(2)3)21-24-20-17(23)11-15(22)12-18(20)30-21/h5-8,11-12H,4,9-10,13H2,1-3H3. The van der Waals surface area contributed by atoms with Crippen molar-refractivity contribution in [3.63, 3.8) is 0 Å². The Labute approximate surface area is 184 Å². The van der Waals surface area contributed by atoms with Gasteiger partial charge in [0.15, 0.2) is 20.8 Å². The molecule has 1 aromatic heterocycles. The molecule has 0 aliphatic rings. The fraction of sp³-hybridized carbons (Fsp3) is 0.333. The Balaban J connectivity index is 1.92. The average Bonchev–Trinajstić information content (AvgIpc) is 3.08. The van der Waals surface area contributed by atoms with Gasteiger partial charge in [0.05, 0.1) is 9.60 Å². The highest BCUT2D eigenvalue weighted by Gasteiger charge is 2.27. The first-order valence-electron chi connectivity index (χ1n) is 9.57. The number of fused-ring (bicyclic) bond motifs is 1. The number of halogens is 2. The second-order valence-corrected chi connectivity index (χ2v) is 10.5. The lowest BCUT2D eigenvalue weighted by molar-refractivity contribution is -0.116. The molecule has 3 rings (SSSR count). The van der Waals surface area contributed by atoms with Crippen molar-refractivity contribution in [3.05, 3.63) is 53.6 Å². The van der Waals surface area contributed by atoms with E-state index >= 15 is 0 Å². The smallest absolute Gasteiger partial charge is 0.244 e. The predicted octanol–water partition coefficient (Wildman–Crippen LogP) is 3.64. The van der Waals surface area contributed by atoms with Gasteiger partial charge in [0.1, 0.15) is 17.1 Å². The molecule has 0 spiro atoms. The van der Waals surface area contributed by atoms with E-state index in [1.807, 2.05) is 25.9 Å². The number of sulfone groups is 1. The third-order valence-corrected chi connectivity index (χ3v) is 7.26. The summed E-state index contributed by atoms with van der Waals surface area (Å²) >= 11 is 0.950. The summed E-state index contributed by atoms with van der Waals surface area (Å²) in [6.07, 6.45) is 0.552. The first-order valence-corrected chi connectivity index (χ1v) is 12.0. The molecule has 0 aliphatic heterocycles. The van der Waals surface area contributed by atoms with Gasteiger partial charge in [-0.25, -0.2) is 22.2 Å². The van der Waals surface area contributed by atoms with E-state index in [9.17, 15) is 22.0 Å². The molecule has 3 aromatic rings. The topological polar surface area (TPSA) is 70.6 Å². The molecule has 166 valence electrons. The molecule has 1 amide bonds. The molecular weight excluding hydrogens is 444 g/mol. The molecule has 1 heterocycles. The minimum atomic E-state index is -3.87. The number of thiazole rings is 1. The molecule has 0 radical (unpaired) electrons. The summed E-state index contributed by atoms with van der Waals surface area (Å²) in [6.45, 7) is 2.69. The summed E-state index contributed by atoms with van der Waals surface area (Å²) in [5.41, 5.74) is 0.854. The number of amides is 1. The van der Waals surface area contributed by atoms with Crippen LogP contribution in [0, 0.1) is 18.6 Å². The van der Waals surface area contributed by atoms with Gasteiger partial charge in [0, 0.05) is 12.6 Å². The van der Waals surface area contributed by atoms with Crippen LogP contribution < -0.4 is 4.90 Å². The minimum absolute atomic E-state index is 0.0480. The number of benzene rings is 2. The van der Waals surface area contributed by atoms with Crippen LogP contribution in [0.25, 0.3) is 10.2 Å². The number of hydrogen-bond donors (Lipinski definition) is 0. The minimum Gasteiger partial charge on any atom is -0.309 e. The second kappa shape index (κ2) is 9.37. The summed E-state index contributed by atoms with van der Waals surface area (Å²) in [6, 6.07) is 8.12. The first kappa shape index (κ1) is 23.2. The lowest BCUT2D eigenvalue weighted by atomic mass is 10.2. The Morgan fingerprint density at radius 2 is 1.77 bits per heavy atom. The number of carbonyl (C=O) groups excluding carboxylic acids is 1. The number of carbonyl (C=O) groups is 1. The number of anilines is 1. The molecular formula is C21H23F2N3O3S2. The molecule has 0 unspecified atom stereocenters. The summed E-state index contributed by atoms with van der Waals surface area (Å²) < 4.78 is 53.4. The van der Waals surface area contributed by atoms with Crippen LogP contribution in [0.1, 0.15) is 12.0 Å². The summed E-state index contributed by atoms with van der Waals surface area (Å²) in [5.74, 6) is -2.98. The van der Waals surface area contributed by atoms with Crippen LogP contribution in [0.15, 0.2) is 41.3 Å². The molecule has 0 aliphatic carbocycles. The van der Waals surface area contributed by atoms with Crippen LogP contribution >= 0.6 is 11.3 Å². The molecule has 2 aromatic carbocycles. The first-order chi connectivity index (χ1) is 14.6. The fourth-order valence-electron chi connectivity index (χ4n) is 3.00. The quantitative estimate of drug-likeness (QED) is 0.506. The third-order valence-electron chi connectivity index (χ3n) is 4.61. The van der Waals surface area contributed by atoms with Crippen LogP contribution in [-0.2, 0) is 14.6 Å². The highest BCUT2D eigenvalue weighted by molar-refractivity contribution is 7.92. The van der Waals surface area contributed by atoms with Crippen molar-refractivity contribution in [2.45, 2.75) is 18.2 Å². The van der Waals surface area contributed by atoms with Gasteiger partial charge in [-0.2, -0.15) is 0 Å². The van der Waals surface area contributed by atoms with Gasteiger partial charge in [-0.3, -0.25) is 9.69 Å². The highest BCUT2D eigenvalue weighted by Crippen LogP contribution is 2.31. The van der Waals surface area contributed by atoms with Crippen LogP contribution in [0.4, 0.5) is 13.9 Å². The van der Waals surface area contributed by atoms with Crippen molar-refractivity contribution in [2.24, 2.45) is 0 Å². The average molecular weight is 468 g/mol. The van der Waals surface area contributed by atoms with E-state index in [0.29, 0.717) is 13.0 Å². The Bertz CT molecular complexity index is 1190. The molecule has 0 atom stereocenters. The summed E-state index contributed by atoms with van der Waals surface area (Å²) in [7, 11) is -0.117. The van der Waals surface area contributed by atoms with E-state index in [2.05, 4.69) is 4.98 Å². The number of rotatable bonds is 8. The Hall–Kier alpha value is -2.43. The van der Waals surface area contributed by atoms with Crippen LogP contribution in [0.3, 0.4) is 0 Å². The number of nitrogens with zero attached hydrogens (tertiary/aromatic N) is 3. The normalized spacial score (nSPS) is 11.9. The van der Waals surface area contributed by atoms with Crippen LogP contribution in [0.5, 0.6) is 0 Å². The Morgan fingerprint density at radius 1 is 1.10 bits per heavy atom. The van der Waals surface area contributed by atoms with E-state index in [1.165, 1.54) is 17.0 Å². The van der Waals surface area contributed by atoms with Crippen LogP contribution in [-0.4, -0.2) is 57.1 Å². The van der Waals surface area contributed by atoms with Gasteiger partial charge < -0.3 is 4.90 Å². The Morgan fingerprint density at radius 3 is 2.42 bits per heavy atom. The molecule has 0 N–H and O–H groups in total. The van der Waals surface area contributed by atoms with E-state index in [0.717, 1.165) is 29.0 Å². The zero-order valence-corrected chi connectivity index (χ0v) is 19.1. The molecule has 10 heteroatoms. The lowest BCUT2D eigenvalue weighted by Crippen LogP contribution is -2.37. The zero-order chi connectivity index (χ0) is 22.8. The van der Waals surface area contributed by atoms with Crippen molar-refractivity contribution >= 4 is 42.4 Å². The molecule has 6 nitrogen and oxygen atoms in total. The van der Waals surface area contributed by atoms with Gasteiger partial charge in [0.2, 0.25) is 5.91 Å². The number of hydrogen-bond acceptors (Lipinski definition) is 6. The molecule has 31 heavy (non-hydrogen) atoms. The van der Waals surface area contributed by atoms with Gasteiger partial charge in [0.25, 0.3) is 0 Å². The predicted molar refractivity (Wildman–Crippen MR) is 118 cm³/mol. The number of aromatic nitrogens is 1. The summed E-state index contributed by atoms with van der Waals surface area (Å²) in [4.78, 5) is 20.4. The zero-order valence-electron chi connectivity index (χ0n) is 17.4. The van der Waals surface area contributed by atoms with E-state index in [4.69, 9.17) is 0 Å². The molecule has 0 fully saturated rings. The maximum absolute atomic E-state index is 14.1. The van der Waals surface area contributed by atoms with Gasteiger partial charge in [-0.15, -0.1) is 0 Å². The largest absolute Gasteiger partial charge is 0.309 e. The maximum Gasteiger partial charge on any atom is 0.244 e. The van der Waals surface area contributed by atoms with Crippen LogP contribution in [0.2, 0.25) is 0 Å².